The van der Waals surface area contributed by atoms with Crippen LogP contribution in [0.4, 0.5) is 5.69 Å². The number of rotatable bonds is 31. The molecule has 0 atom stereocenters. The Morgan fingerprint density at radius 1 is 0.373 bits per heavy atom. The van der Waals surface area contributed by atoms with Crippen LogP contribution in [0.1, 0.15) is 205 Å². The van der Waals surface area contributed by atoms with Crippen molar-refractivity contribution in [3.8, 4) is 11.8 Å². The molecule has 3 aromatic rings. The molecule has 0 aromatic heterocycles. The third-order valence-corrected chi connectivity index (χ3v) is 10.9. The van der Waals surface area contributed by atoms with Crippen molar-refractivity contribution in [1.82, 2.24) is 0 Å². The summed E-state index contributed by atoms with van der Waals surface area (Å²) in [7, 11) is 0. The van der Waals surface area contributed by atoms with E-state index in [2.05, 4.69) is 97.3 Å². The Bertz CT molecular complexity index is 1260. The lowest BCUT2D eigenvalue weighted by Crippen LogP contribution is -2.25. The smallest absolute Gasteiger partial charge is 0.0367 e. The first-order valence-electron chi connectivity index (χ1n) is 22.2. The molecule has 0 amide bonds. The van der Waals surface area contributed by atoms with Gasteiger partial charge < -0.3 is 4.90 Å². The Labute approximate surface area is 316 Å². The third kappa shape index (κ3) is 20.2. The number of benzene rings is 3. The molecule has 0 radical (unpaired) electrons. The second-order valence-corrected chi connectivity index (χ2v) is 15.5. The van der Waals surface area contributed by atoms with Crippen molar-refractivity contribution in [2.24, 2.45) is 0 Å². The summed E-state index contributed by atoms with van der Waals surface area (Å²) in [6.07, 6.45) is 39.7. The van der Waals surface area contributed by atoms with Crippen molar-refractivity contribution >= 4 is 16.5 Å². The van der Waals surface area contributed by atoms with E-state index >= 15 is 0 Å². The van der Waals surface area contributed by atoms with Crippen LogP contribution >= 0.6 is 0 Å². The predicted octanol–water partition coefficient (Wildman–Crippen LogP) is 16.0. The van der Waals surface area contributed by atoms with Gasteiger partial charge in [-0.2, -0.15) is 0 Å². The standard InChI is InChI=1S/C50H77N/c1-3-5-7-9-11-13-15-17-19-21-23-25-27-31-44-51(45-32-28-26-24-22-20-18-16-14-12-10-8-6-4-2)49-42-39-46(40-43-49)38-41-48-36-33-35-47-34-29-30-37-50(47)48/h29-30,33-37,39-40,42-43H,3-28,31-32,44-45H2,1-2H3. The topological polar surface area (TPSA) is 3.24 Å². The summed E-state index contributed by atoms with van der Waals surface area (Å²) in [5, 5.41) is 2.49. The van der Waals surface area contributed by atoms with Crippen LogP contribution in [-0.2, 0) is 0 Å². The molecule has 0 aliphatic heterocycles. The van der Waals surface area contributed by atoms with Crippen LogP contribution in [0.25, 0.3) is 10.8 Å². The van der Waals surface area contributed by atoms with Gasteiger partial charge >= 0.3 is 0 Å². The highest BCUT2D eigenvalue weighted by Gasteiger charge is 2.07. The Hall–Kier alpha value is -2.72. The minimum atomic E-state index is 1.10. The first kappa shape index (κ1) is 42.7. The van der Waals surface area contributed by atoms with Gasteiger partial charge in [0.15, 0.2) is 0 Å². The number of hydrogen-bond donors (Lipinski definition) is 0. The molecular formula is C50H77N. The van der Waals surface area contributed by atoms with Crippen molar-refractivity contribution in [3.63, 3.8) is 0 Å². The number of hydrogen-bond acceptors (Lipinski definition) is 1. The van der Waals surface area contributed by atoms with E-state index in [1.54, 1.807) is 0 Å². The fourth-order valence-corrected chi connectivity index (χ4v) is 7.59. The van der Waals surface area contributed by atoms with E-state index in [-0.39, 0.29) is 0 Å². The van der Waals surface area contributed by atoms with Crippen molar-refractivity contribution in [1.29, 1.82) is 0 Å². The van der Waals surface area contributed by atoms with Crippen molar-refractivity contribution in [2.75, 3.05) is 18.0 Å². The molecule has 1 nitrogen and oxygen atoms in total. The highest BCUT2D eigenvalue weighted by Crippen LogP contribution is 2.21. The summed E-state index contributed by atoms with van der Waals surface area (Å²) in [5.41, 5.74) is 3.57. The second-order valence-electron chi connectivity index (χ2n) is 15.5. The predicted molar refractivity (Wildman–Crippen MR) is 229 cm³/mol. The molecule has 0 unspecified atom stereocenters. The highest BCUT2D eigenvalue weighted by molar-refractivity contribution is 5.88. The van der Waals surface area contributed by atoms with E-state index in [1.165, 1.54) is 209 Å². The Morgan fingerprint density at radius 3 is 1.22 bits per heavy atom. The Morgan fingerprint density at radius 2 is 0.765 bits per heavy atom. The average molecular weight is 692 g/mol. The number of anilines is 1. The van der Waals surface area contributed by atoms with Crippen LogP contribution < -0.4 is 4.90 Å². The third-order valence-electron chi connectivity index (χ3n) is 10.9. The molecule has 3 aromatic carbocycles. The lowest BCUT2D eigenvalue weighted by atomic mass is 10.0. The van der Waals surface area contributed by atoms with E-state index < -0.39 is 0 Å². The summed E-state index contributed by atoms with van der Waals surface area (Å²) in [5.74, 6) is 6.90. The van der Waals surface area contributed by atoms with E-state index in [0.717, 1.165) is 11.1 Å². The summed E-state index contributed by atoms with van der Waals surface area (Å²) >= 11 is 0. The zero-order valence-electron chi connectivity index (χ0n) is 33.5. The van der Waals surface area contributed by atoms with Crippen LogP contribution in [0.15, 0.2) is 66.7 Å². The molecule has 0 aliphatic rings. The fraction of sp³-hybridized carbons (Fsp3) is 0.640. The van der Waals surface area contributed by atoms with Crippen molar-refractivity contribution in [2.45, 2.75) is 194 Å². The first-order chi connectivity index (χ1) is 25.3. The van der Waals surface area contributed by atoms with Gasteiger partial charge in [-0.3, -0.25) is 0 Å². The average Bonchev–Trinajstić information content (AvgIpc) is 3.16. The largest absolute Gasteiger partial charge is 0.372 e. The number of nitrogens with zero attached hydrogens (tertiary/aromatic N) is 1. The quantitative estimate of drug-likeness (QED) is 0.0479. The van der Waals surface area contributed by atoms with Gasteiger partial charge in [-0.05, 0) is 53.9 Å². The van der Waals surface area contributed by atoms with Gasteiger partial charge in [0.1, 0.15) is 0 Å². The van der Waals surface area contributed by atoms with Crippen molar-refractivity contribution < 1.29 is 0 Å². The molecule has 3 rings (SSSR count). The molecule has 0 N–H and O–H groups in total. The van der Waals surface area contributed by atoms with Gasteiger partial charge in [0.25, 0.3) is 0 Å². The maximum atomic E-state index is 3.45. The summed E-state index contributed by atoms with van der Waals surface area (Å²) in [6.45, 7) is 6.97. The minimum absolute atomic E-state index is 1.10. The molecule has 0 aliphatic carbocycles. The van der Waals surface area contributed by atoms with Gasteiger partial charge in [-0.25, -0.2) is 0 Å². The molecule has 0 saturated heterocycles. The fourth-order valence-electron chi connectivity index (χ4n) is 7.59. The van der Waals surface area contributed by atoms with Gasteiger partial charge in [-0.15, -0.1) is 0 Å². The normalized spacial score (nSPS) is 11.2. The Kier molecular flexibility index (Phi) is 25.0. The molecular weight excluding hydrogens is 615 g/mol. The molecule has 282 valence electrons. The van der Waals surface area contributed by atoms with Gasteiger partial charge in [0, 0.05) is 29.9 Å². The maximum Gasteiger partial charge on any atom is 0.0367 e. The van der Waals surface area contributed by atoms with E-state index in [1.807, 2.05) is 0 Å². The SMILES string of the molecule is CCCCCCCCCCCCCCCCN(CCCCCCCCCCCCCCCC)c1ccc(C#Cc2cccc3ccccc23)cc1. The molecule has 0 spiro atoms. The lowest BCUT2D eigenvalue weighted by Gasteiger charge is -2.25. The van der Waals surface area contributed by atoms with Gasteiger partial charge in [0.05, 0.1) is 0 Å². The zero-order valence-corrected chi connectivity index (χ0v) is 33.5. The molecule has 0 bridgehead atoms. The minimum Gasteiger partial charge on any atom is -0.372 e. The summed E-state index contributed by atoms with van der Waals surface area (Å²) in [4.78, 5) is 2.67. The van der Waals surface area contributed by atoms with E-state index in [9.17, 15) is 0 Å². The highest BCUT2D eigenvalue weighted by atomic mass is 15.1. The van der Waals surface area contributed by atoms with Crippen LogP contribution in [0.5, 0.6) is 0 Å². The van der Waals surface area contributed by atoms with Gasteiger partial charge in [0.2, 0.25) is 0 Å². The summed E-state index contributed by atoms with van der Waals surface area (Å²) in [6, 6.07) is 24.1. The van der Waals surface area contributed by atoms with E-state index in [0.29, 0.717) is 0 Å². The van der Waals surface area contributed by atoms with Crippen LogP contribution in [0, 0.1) is 11.8 Å². The van der Waals surface area contributed by atoms with Crippen molar-refractivity contribution in [3.05, 3.63) is 77.9 Å². The lowest BCUT2D eigenvalue weighted by molar-refractivity contribution is 0.529. The number of fused-ring (bicyclic) bond motifs is 1. The monoisotopic (exact) mass is 692 g/mol. The number of unbranched alkanes of at least 4 members (excludes halogenated alkanes) is 26. The first-order valence-corrected chi connectivity index (χ1v) is 22.2. The Balaban J connectivity index is 1.37. The zero-order chi connectivity index (χ0) is 35.9. The molecule has 1 heteroatoms. The molecule has 0 heterocycles. The maximum absolute atomic E-state index is 3.45. The second kappa shape index (κ2) is 29.8. The van der Waals surface area contributed by atoms with Gasteiger partial charge in [-0.1, -0.05) is 229 Å². The van der Waals surface area contributed by atoms with E-state index in [4.69, 9.17) is 0 Å². The summed E-state index contributed by atoms with van der Waals surface area (Å²) < 4.78 is 0. The van der Waals surface area contributed by atoms with Crippen LogP contribution in [0.2, 0.25) is 0 Å². The molecule has 51 heavy (non-hydrogen) atoms. The molecule has 0 fully saturated rings. The van der Waals surface area contributed by atoms with Crippen LogP contribution in [0.3, 0.4) is 0 Å². The molecule has 0 saturated carbocycles. The van der Waals surface area contributed by atoms with Crippen LogP contribution in [-0.4, -0.2) is 13.1 Å².